The van der Waals surface area contributed by atoms with Crippen molar-refractivity contribution in [3.8, 4) is 0 Å². The van der Waals surface area contributed by atoms with Crippen molar-refractivity contribution < 1.29 is 23.9 Å². The van der Waals surface area contributed by atoms with Crippen molar-refractivity contribution in [2.75, 3.05) is 0 Å². The molecule has 0 aliphatic rings. The van der Waals surface area contributed by atoms with Crippen molar-refractivity contribution >= 4 is 17.8 Å². The molecule has 24 heavy (non-hydrogen) atoms. The SMILES string of the molecule is C[C@H](NC(=O)C(C)(C)C)C(=O)O[C@@H](C)C(=O)OCc1ccccc1. The summed E-state index contributed by atoms with van der Waals surface area (Å²) in [7, 11) is 0. The molecule has 0 aliphatic carbocycles. The lowest BCUT2D eigenvalue weighted by molar-refractivity contribution is -0.168. The lowest BCUT2D eigenvalue weighted by Gasteiger charge is -2.22. The molecule has 6 heteroatoms. The predicted octanol–water partition coefficient (Wildman–Crippen LogP) is 2.21. The first-order chi connectivity index (χ1) is 11.1. The number of rotatable bonds is 6. The number of carbonyl (C=O) groups excluding carboxylic acids is 3. The highest BCUT2D eigenvalue weighted by Gasteiger charge is 2.28. The second-order valence-corrected chi connectivity index (χ2v) is 6.62. The Morgan fingerprint density at radius 2 is 1.62 bits per heavy atom. The van der Waals surface area contributed by atoms with Crippen LogP contribution in [-0.2, 0) is 30.5 Å². The summed E-state index contributed by atoms with van der Waals surface area (Å²) >= 11 is 0. The Hall–Kier alpha value is -2.37. The molecule has 0 heterocycles. The number of esters is 2. The molecule has 0 aromatic heterocycles. The molecule has 2 atom stereocenters. The summed E-state index contributed by atoms with van der Waals surface area (Å²) < 4.78 is 10.2. The molecule has 1 aromatic rings. The smallest absolute Gasteiger partial charge is 0.347 e. The van der Waals surface area contributed by atoms with E-state index in [0.717, 1.165) is 5.56 Å². The minimum atomic E-state index is -1.05. The van der Waals surface area contributed by atoms with Gasteiger partial charge in [0.15, 0.2) is 6.10 Å². The third-order valence-corrected chi connectivity index (χ3v) is 3.23. The van der Waals surface area contributed by atoms with Gasteiger partial charge in [-0.1, -0.05) is 51.1 Å². The standard InChI is InChI=1S/C18H25NO5/c1-12(19-17(22)18(3,4)5)15(20)24-13(2)16(21)23-11-14-9-7-6-8-10-14/h6-10,12-13H,11H2,1-5H3,(H,19,22)/t12-,13-/m0/s1. The van der Waals surface area contributed by atoms with Gasteiger partial charge in [0.25, 0.3) is 0 Å². The summed E-state index contributed by atoms with van der Waals surface area (Å²) in [5.74, 6) is -1.59. The van der Waals surface area contributed by atoms with Crippen LogP contribution in [0.2, 0.25) is 0 Å². The fourth-order valence-corrected chi connectivity index (χ4v) is 1.64. The molecule has 1 N–H and O–H groups in total. The number of ether oxygens (including phenoxy) is 2. The molecule has 0 spiro atoms. The Morgan fingerprint density at radius 3 is 2.17 bits per heavy atom. The van der Waals surface area contributed by atoms with Gasteiger partial charge in [-0.15, -0.1) is 0 Å². The molecule has 6 nitrogen and oxygen atoms in total. The van der Waals surface area contributed by atoms with Gasteiger partial charge in [0.05, 0.1) is 0 Å². The van der Waals surface area contributed by atoms with Gasteiger partial charge >= 0.3 is 11.9 Å². The zero-order valence-electron chi connectivity index (χ0n) is 14.8. The maximum atomic E-state index is 11.9. The van der Waals surface area contributed by atoms with Gasteiger partial charge in [-0.25, -0.2) is 9.59 Å². The monoisotopic (exact) mass is 335 g/mol. The molecule has 0 radical (unpaired) electrons. The molecule has 0 unspecified atom stereocenters. The van der Waals surface area contributed by atoms with Gasteiger partial charge in [0.2, 0.25) is 5.91 Å². The Labute approximate surface area is 142 Å². The van der Waals surface area contributed by atoms with Crippen LogP contribution < -0.4 is 5.32 Å². The number of nitrogens with one attached hydrogen (secondary N) is 1. The zero-order chi connectivity index (χ0) is 18.3. The highest BCUT2D eigenvalue weighted by Crippen LogP contribution is 2.13. The highest BCUT2D eigenvalue weighted by molar-refractivity contribution is 5.88. The number of hydrogen-bond donors (Lipinski definition) is 1. The van der Waals surface area contributed by atoms with Crippen LogP contribution in [0.4, 0.5) is 0 Å². The van der Waals surface area contributed by atoms with Crippen molar-refractivity contribution in [3.63, 3.8) is 0 Å². The lowest BCUT2D eigenvalue weighted by atomic mass is 9.95. The summed E-state index contributed by atoms with van der Waals surface area (Å²) in [6, 6.07) is 8.35. The number of benzene rings is 1. The molecule has 0 bridgehead atoms. The number of amides is 1. The van der Waals surface area contributed by atoms with E-state index in [9.17, 15) is 14.4 Å². The molecule has 0 saturated heterocycles. The van der Waals surface area contributed by atoms with Crippen LogP contribution in [0.5, 0.6) is 0 Å². The fourth-order valence-electron chi connectivity index (χ4n) is 1.64. The fraction of sp³-hybridized carbons (Fsp3) is 0.500. The normalized spacial score (nSPS) is 13.5. The first kappa shape index (κ1) is 19.7. The van der Waals surface area contributed by atoms with Gasteiger partial charge in [-0.2, -0.15) is 0 Å². The molecule has 132 valence electrons. The van der Waals surface area contributed by atoms with E-state index in [4.69, 9.17) is 9.47 Å². The minimum Gasteiger partial charge on any atom is -0.458 e. The maximum absolute atomic E-state index is 11.9. The van der Waals surface area contributed by atoms with Crippen LogP contribution in [0, 0.1) is 5.41 Å². The molecular weight excluding hydrogens is 310 g/mol. The highest BCUT2D eigenvalue weighted by atomic mass is 16.6. The third-order valence-electron chi connectivity index (χ3n) is 3.23. The van der Waals surface area contributed by atoms with E-state index in [0.29, 0.717) is 0 Å². The number of carbonyl (C=O) groups is 3. The predicted molar refractivity (Wildman–Crippen MR) is 88.9 cm³/mol. The van der Waals surface area contributed by atoms with Gasteiger partial charge in [-0.05, 0) is 19.4 Å². The average molecular weight is 335 g/mol. The maximum Gasteiger partial charge on any atom is 0.347 e. The molecule has 0 fully saturated rings. The Balaban J connectivity index is 2.45. The van der Waals surface area contributed by atoms with Crippen LogP contribution in [0.25, 0.3) is 0 Å². The van der Waals surface area contributed by atoms with Gasteiger partial charge in [0.1, 0.15) is 12.6 Å². The summed E-state index contributed by atoms with van der Waals surface area (Å²) in [5.41, 5.74) is 0.226. The molecule has 1 aromatic carbocycles. The molecule has 1 amide bonds. The second-order valence-electron chi connectivity index (χ2n) is 6.62. The Kier molecular flexibility index (Phi) is 6.95. The van der Waals surface area contributed by atoms with Crippen LogP contribution in [-0.4, -0.2) is 30.0 Å². The van der Waals surface area contributed by atoms with E-state index < -0.39 is 29.5 Å². The zero-order valence-corrected chi connectivity index (χ0v) is 14.8. The van der Waals surface area contributed by atoms with Crippen molar-refractivity contribution in [2.45, 2.75) is 53.4 Å². The summed E-state index contributed by atoms with van der Waals surface area (Å²) in [6.45, 7) is 8.27. The van der Waals surface area contributed by atoms with Crippen molar-refractivity contribution in [2.24, 2.45) is 5.41 Å². The van der Waals surface area contributed by atoms with E-state index in [1.54, 1.807) is 20.8 Å². The minimum absolute atomic E-state index is 0.109. The molecule has 1 rings (SSSR count). The third kappa shape index (κ3) is 6.40. The van der Waals surface area contributed by atoms with Crippen LogP contribution in [0.15, 0.2) is 30.3 Å². The quantitative estimate of drug-likeness (QED) is 0.806. The van der Waals surface area contributed by atoms with Crippen LogP contribution in [0.3, 0.4) is 0 Å². The largest absolute Gasteiger partial charge is 0.458 e. The van der Waals surface area contributed by atoms with E-state index >= 15 is 0 Å². The molecular formula is C18H25NO5. The summed E-state index contributed by atoms with van der Waals surface area (Å²) in [4.78, 5) is 35.7. The van der Waals surface area contributed by atoms with Crippen LogP contribution in [0.1, 0.15) is 40.2 Å². The van der Waals surface area contributed by atoms with Gasteiger partial charge in [-0.3, -0.25) is 4.79 Å². The average Bonchev–Trinajstić information content (AvgIpc) is 2.52. The van der Waals surface area contributed by atoms with E-state index in [2.05, 4.69) is 5.32 Å². The van der Waals surface area contributed by atoms with Gasteiger partial charge in [0, 0.05) is 5.41 Å². The Bertz CT molecular complexity index is 577. The summed E-state index contributed by atoms with van der Waals surface area (Å²) in [6.07, 6.45) is -1.05. The summed E-state index contributed by atoms with van der Waals surface area (Å²) in [5, 5.41) is 2.56. The van der Waals surface area contributed by atoms with E-state index in [1.807, 2.05) is 30.3 Å². The van der Waals surface area contributed by atoms with Crippen molar-refractivity contribution in [1.29, 1.82) is 0 Å². The number of hydrogen-bond acceptors (Lipinski definition) is 5. The Morgan fingerprint density at radius 1 is 1.04 bits per heavy atom. The van der Waals surface area contributed by atoms with Crippen LogP contribution >= 0.6 is 0 Å². The molecule has 0 saturated carbocycles. The topological polar surface area (TPSA) is 81.7 Å². The second kappa shape index (κ2) is 8.47. The van der Waals surface area contributed by atoms with E-state index in [-0.39, 0.29) is 12.5 Å². The molecule has 0 aliphatic heterocycles. The van der Waals surface area contributed by atoms with Crippen molar-refractivity contribution in [1.82, 2.24) is 5.32 Å². The first-order valence-electron chi connectivity index (χ1n) is 7.83. The lowest BCUT2D eigenvalue weighted by Crippen LogP contribution is -2.45. The first-order valence-corrected chi connectivity index (χ1v) is 7.83. The van der Waals surface area contributed by atoms with E-state index in [1.165, 1.54) is 13.8 Å². The van der Waals surface area contributed by atoms with Gasteiger partial charge < -0.3 is 14.8 Å². The van der Waals surface area contributed by atoms with Crippen molar-refractivity contribution in [3.05, 3.63) is 35.9 Å².